The number of nitrogens with zero attached hydrogens (tertiary/aromatic N) is 1. The van der Waals surface area contributed by atoms with Crippen molar-refractivity contribution < 1.29 is 14.3 Å². The number of anilines is 1. The SMILES string of the molecule is COc1ccc(C(C)=NNC(=O)[C@@H](C)Nc2ccc(C)cc2)c(OC)c1. The van der Waals surface area contributed by atoms with E-state index in [1.807, 2.05) is 50.2 Å². The first-order valence-electron chi connectivity index (χ1n) is 8.34. The first-order chi connectivity index (χ1) is 12.4. The molecule has 0 aliphatic carbocycles. The Bertz CT molecular complexity index is 785. The lowest BCUT2D eigenvalue weighted by Gasteiger charge is -2.14. The third kappa shape index (κ3) is 4.99. The highest BCUT2D eigenvalue weighted by atomic mass is 16.5. The fraction of sp³-hybridized carbons (Fsp3) is 0.300. The van der Waals surface area contributed by atoms with Crippen LogP contribution in [0.25, 0.3) is 0 Å². The topological polar surface area (TPSA) is 72.0 Å². The van der Waals surface area contributed by atoms with E-state index in [0.717, 1.165) is 11.3 Å². The summed E-state index contributed by atoms with van der Waals surface area (Å²) in [5.74, 6) is 1.10. The zero-order chi connectivity index (χ0) is 19.1. The predicted octanol–water partition coefficient (Wildman–Crippen LogP) is 3.35. The molecule has 0 spiro atoms. The zero-order valence-electron chi connectivity index (χ0n) is 15.8. The molecule has 2 aromatic rings. The average molecular weight is 355 g/mol. The number of hydrogen-bond acceptors (Lipinski definition) is 5. The molecule has 0 unspecified atom stereocenters. The minimum Gasteiger partial charge on any atom is -0.497 e. The normalized spacial score (nSPS) is 12.3. The Hall–Kier alpha value is -3.02. The van der Waals surface area contributed by atoms with E-state index in [9.17, 15) is 4.79 Å². The van der Waals surface area contributed by atoms with Crippen molar-refractivity contribution in [2.75, 3.05) is 19.5 Å². The standard InChI is InChI=1S/C20H25N3O3/c1-13-6-8-16(9-7-13)21-15(3)20(24)23-22-14(2)18-11-10-17(25-4)12-19(18)26-5/h6-12,15,21H,1-5H3,(H,23,24)/t15-/m1/s1. The van der Waals surface area contributed by atoms with Gasteiger partial charge in [-0.1, -0.05) is 17.7 Å². The fourth-order valence-electron chi connectivity index (χ4n) is 2.36. The predicted molar refractivity (Wildman–Crippen MR) is 104 cm³/mol. The van der Waals surface area contributed by atoms with Gasteiger partial charge in [0.05, 0.1) is 19.9 Å². The summed E-state index contributed by atoms with van der Waals surface area (Å²) in [4.78, 5) is 12.3. The molecule has 6 heteroatoms. The third-order valence-corrected chi connectivity index (χ3v) is 3.96. The van der Waals surface area contributed by atoms with Gasteiger partial charge in [-0.05, 0) is 45.0 Å². The molecule has 0 aliphatic heterocycles. The van der Waals surface area contributed by atoms with Gasteiger partial charge in [0.1, 0.15) is 17.5 Å². The maximum Gasteiger partial charge on any atom is 0.262 e. The van der Waals surface area contributed by atoms with E-state index in [-0.39, 0.29) is 5.91 Å². The molecule has 0 radical (unpaired) electrons. The number of carbonyl (C=O) groups is 1. The molecule has 0 saturated heterocycles. The molecule has 0 bridgehead atoms. The second-order valence-corrected chi connectivity index (χ2v) is 5.97. The van der Waals surface area contributed by atoms with Gasteiger partial charge in [0.25, 0.3) is 5.91 Å². The Morgan fingerprint density at radius 2 is 1.77 bits per heavy atom. The molecule has 26 heavy (non-hydrogen) atoms. The van der Waals surface area contributed by atoms with Crippen LogP contribution in [0.15, 0.2) is 47.6 Å². The van der Waals surface area contributed by atoms with Gasteiger partial charge in [-0.25, -0.2) is 5.43 Å². The summed E-state index contributed by atoms with van der Waals surface area (Å²) >= 11 is 0. The quantitative estimate of drug-likeness (QED) is 0.590. The number of amides is 1. The van der Waals surface area contributed by atoms with E-state index in [4.69, 9.17) is 9.47 Å². The van der Waals surface area contributed by atoms with Crippen molar-refractivity contribution in [2.45, 2.75) is 26.8 Å². The number of aryl methyl sites for hydroxylation is 1. The summed E-state index contributed by atoms with van der Waals surface area (Å²) in [6, 6.07) is 12.9. The van der Waals surface area contributed by atoms with E-state index >= 15 is 0 Å². The van der Waals surface area contributed by atoms with E-state index in [2.05, 4.69) is 15.8 Å². The lowest BCUT2D eigenvalue weighted by atomic mass is 10.1. The Morgan fingerprint density at radius 1 is 1.08 bits per heavy atom. The van der Waals surface area contributed by atoms with Crippen LogP contribution in [0.2, 0.25) is 0 Å². The number of carbonyl (C=O) groups excluding carboxylic acids is 1. The van der Waals surface area contributed by atoms with Crippen LogP contribution in [0.4, 0.5) is 5.69 Å². The van der Waals surface area contributed by atoms with Crippen LogP contribution in [0.5, 0.6) is 11.5 Å². The van der Waals surface area contributed by atoms with Crippen LogP contribution in [0.1, 0.15) is 25.0 Å². The van der Waals surface area contributed by atoms with Gasteiger partial charge in [-0.3, -0.25) is 4.79 Å². The second-order valence-electron chi connectivity index (χ2n) is 5.97. The van der Waals surface area contributed by atoms with Gasteiger partial charge in [0, 0.05) is 17.3 Å². The summed E-state index contributed by atoms with van der Waals surface area (Å²) in [5.41, 5.74) is 6.07. The van der Waals surface area contributed by atoms with Gasteiger partial charge in [-0.2, -0.15) is 5.10 Å². The van der Waals surface area contributed by atoms with Crippen LogP contribution in [-0.4, -0.2) is 31.9 Å². The van der Waals surface area contributed by atoms with Crippen molar-refractivity contribution >= 4 is 17.3 Å². The molecular weight excluding hydrogens is 330 g/mol. The van der Waals surface area contributed by atoms with Crippen molar-refractivity contribution in [1.82, 2.24) is 5.43 Å². The second kappa shape index (κ2) is 8.89. The van der Waals surface area contributed by atoms with Crippen molar-refractivity contribution in [1.29, 1.82) is 0 Å². The van der Waals surface area contributed by atoms with E-state index < -0.39 is 6.04 Å². The van der Waals surface area contributed by atoms with Gasteiger partial charge in [0.2, 0.25) is 0 Å². The summed E-state index contributed by atoms with van der Waals surface area (Å²) in [7, 11) is 3.18. The summed E-state index contributed by atoms with van der Waals surface area (Å²) < 4.78 is 10.6. The van der Waals surface area contributed by atoms with Crippen molar-refractivity contribution in [3.8, 4) is 11.5 Å². The first kappa shape index (κ1) is 19.3. The van der Waals surface area contributed by atoms with Gasteiger partial charge in [-0.15, -0.1) is 0 Å². The molecule has 2 aromatic carbocycles. The maximum atomic E-state index is 12.3. The lowest BCUT2D eigenvalue weighted by Crippen LogP contribution is -2.35. The summed E-state index contributed by atoms with van der Waals surface area (Å²) in [5, 5.41) is 7.34. The number of benzene rings is 2. The monoisotopic (exact) mass is 355 g/mol. The highest BCUT2D eigenvalue weighted by molar-refractivity contribution is 6.02. The van der Waals surface area contributed by atoms with Crippen LogP contribution >= 0.6 is 0 Å². The number of rotatable bonds is 7. The highest BCUT2D eigenvalue weighted by Gasteiger charge is 2.13. The molecule has 2 N–H and O–H groups in total. The average Bonchev–Trinajstić information content (AvgIpc) is 2.66. The molecular formula is C20H25N3O3. The number of methoxy groups -OCH3 is 2. The largest absolute Gasteiger partial charge is 0.497 e. The number of nitrogens with one attached hydrogen (secondary N) is 2. The van der Waals surface area contributed by atoms with Gasteiger partial charge in [0.15, 0.2) is 0 Å². The minimum atomic E-state index is -0.424. The fourth-order valence-corrected chi connectivity index (χ4v) is 2.36. The lowest BCUT2D eigenvalue weighted by molar-refractivity contribution is -0.121. The van der Waals surface area contributed by atoms with Crippen molar-refractivity contribution in [2.24, 2.45) is 5.10 Å². The van der Waals surface area contributed by atoms with Crippen LogP contribution in [0, 0.1) is 6.92 Å². The maximum absolute atomic E-state index is 12.3. The molecule has 0 heterocycles. The molecule has 1 amide bonds. The molecule has 0 aromatic heterocycles. The van der Waals surface area contributed by atoms with Crippen molar-refractivity contribution in [3.05, 3.63) is 53.6 Å². The van der Waals surface area contributed by atoms with Crippen LogP contribution in [0.3, 0.4) is 0 Å². The van der Waals surface area contributed by atoms with Gasteiger partial charge >= 0.3 is 0 Å². The molecule has 0 saturated carbocycles. The van der Waals surface area contributed by atoms with Crippen LogP contribution in [-0.2, 0) is 4.79 Å². The smallest absolute Gasteiger partial charge is 0.262 e. The highest BCUT2D eigenvalue weighted by Crippen LogP contribution is 2.25. The molecule has 0 fully saturated rings. The third-order valence-electron chi connectivity index (χ3n) is 3.96. The molecule has 138 valence electrons. The molecule has 6 nitrogen and oxygen atoms in total. The summed E-state index contributed by atoms with van der Waals surface area (Å²) in [6.45, 7) is 5.61. The van der Waals surface area contributed by atoms with Crippen molar-refractivity contribution in [3.63, 3.8) is 0 Å². The van der Waals surface area contributed by atoms with E-state index in [0.29, 0.717) is 17.2 Å². The number of hydrogen-bond donors (Lipinski definition) is 2. The molecule has 2 rings (SSSR count). The Balaban J connectivity index is 2.03. The summed E-state index contributed by atoms with van der Waals surface area (Å²) in [6.07, 6.45) is 0. The van der Waals surface area contributed by atoms with Gasteiger partial charge < -0.3 is 14.8 Å². The number of hydrazone groups is 1. The van der Waals surface area contributed by atoms with E-state index in [1.54, 1.807) is 27.2 Å². The Labute approximate surface area is 154 Å². The zero-order valence-corrected chi connectivity index (χ0v) is 15.8. The minimum absolute atomic E-state index is 0.225. The van der Waals surface area contributed by atoms with Crippen LogP contribution < -0.4 is 20.2 Å². The first-order valence-corrected chi connectivity index (χ1v) is 8.34. The molecule has 1 atom stereocenters. The Kier molecular flexibility index (Phi) is 6.60. The van der Waals surface area contributed by atoms with E-state index in [1.165, 1.54) is 5.56 Å². The molecule has 0 aliphatic rings. The Morgan fingerprint density at radius 3 is 2.38 bits per heavy atom. The number of ether oxygens (including phenoxy) is 2.